The molecule has 0 spiro atoms. The molecule has 0 saturated carbocycles. The monoisotopic (exact) mass is 483 g/mol. The quantitative estimate of drug-likeness (QED) is 0.345. The van der Waals surface area contributed by atoms with Crippen LogP contribution in [0.1, 0.15) is 59.0 Å². The Morgan fingerprint density at radius 2 is 1.50 bits per heavy atom. The largest absolute Gasteiger partial charge is 0.444 e. The molecular formula is C28H25N3O5. The van der Waals surface area contributed by atoms with Gasteiger partial charge in [-0.3, -0.25) is 19.7 Å². The Morgan fingerprint density at radius 3 is 2.17 bits per heavy atom. The molecule has 0 saturated heterocycles. The number of ketones is 2. The maximum absolute atomic E-state index is 12.9. The fraction of sp³-hybridized carbons (Fsp3) is 0.179. The van der Waals surface area contributed by atoms with Crippen molar-refractivity contribution in [3.63, 3.8) is 0 Å². The lowest BCUT2D eigenvalue weighted by molar-refractivity contribution is -0.115. The van der Waals surface area contributed by atoms with Gasteiger partial charge in [-0.1, -0.05) is 42.5 Å². The zero-order valence-corrected chi connectivity index (χ0v) is 20.1. The van der Waals surface area contributed by atoms with Gasteiger partial charge in [0.2, 0.25) is 5.91 Å². The predicted octanol–water partition coefficient (Wildman–Crippen LogP) is 5.35. The molecule has 182 valence electrons. The first kappa shape index (κ1) is 25.8. The molecule has 8 nitrogen and oxygen atoms in total. The maximum atomic E-state index is 12.9. The third-order valence-corrected chi connectivity index (χ3v) is 4.86. The van der Waals surface area contributed by atoms with Crippen molar-refractivity contribution in [1.82, 2.24) is 0 Å². The number of anilines is 2. The van der Waals surface area contributed by atoms with Crippen molar-refractivity contribution in [3.8, 4) is 6.07 Å². The number of hydrogen-bond donors (Lipinski definition) is 2. The number of Topliss-reactive ketones (excluding diaryl/α,β-unsaturated/α-hetero) is 1. The van der Waals surface area contributed by atoms with Gasteiger partial charge in [0.25, 0.3) is 0 Å². The zero-order valence-electron chi connectivity index (χ0n) is 20.1. The van der Waals surface area contributed by atoms with Crippen molar-refractivity contribution in [2.45, 2.75) is 32.8 Å². The highest BCUT2D eigenvalue weighted by molar-refractivity contribution is 6.14. The van der Waals surface area contributed by atoms with Gasteiger partial charge >= 0.3 is 6.09 Å². The van der Waals surface area contributed by atoms with Crippen molar-refractivity contribution in [3.05, 3.63) is 95.1 Å². The first-order valence-electron chi connectivity index (χ1n) is 11.1. The molecule has 8 heteroatoms. The molecule has 0 heterocycles. The highest BCUT2D eigenvalue weighted by atomic mass is 16.6. The number of nitriles is 1. The predicted molar refractivity (Wildman–Crippen MR) is 135 cm³/mol. The lowest BCUT2D eigenvalue weighted by atomic mass is 10.0. The van der Waals surface area contributed by atoms with Gasteiger partial charge in [-0.15, -0.1) is 0 Å². The van der Waals surface area contributed by atoms with Crippen molar-refractivity contribution in [1.29, 1.82) is 5.26 Å². The van der Waals surface area contributed by atoms with Gasteiger partial charge in [-0.05, 0) is 51.1 Å². The summed E-state index contributed by atoms with van der Waals surface area (Å²) in [6.07, 6.45) is -1.25. The van der Waals surface area contributed by atoms with E-state index >= 15 is 0 Å². The number of nitrogens with one attached hydrogen (secondary N) is 2. The van der Waals surface area contributed by atoms with Crippen molar-refractivity contribution in [2.24, 2.45) is 0 Å². The van der Waals surface area contributed by atoms with Gasteiger partial charge in [0.05, 0.1) is 29.4 Å². The summed E-state index contributed by atoms with van der Waals surface area (Å²) < 4.78 is 5.28. The Hall–Kier alpha value is -4.77. The molecule has 0 fully saturated rings. The van der Waals surface area contributed by atoms with Crippen LogP contribution in [0, 0.1) is 11.3 Å². The number of ether oxygens (including phenoxy) is 1. The summed E-state index contributed by atoms with van der Waals surface area (Å²) in [4.78, 5) is 50.6. The molecule has 0 aliphatic carbocycles. The number of benzene rings is 3. The summed E-state index contributed by atoms with van der Waals surface area (Å²) >= 11 is 0. The summed E-state index contributed by atoms with van der Waals surface area (Å²) in [5, 5.41) is 14.2. The van der Waals surface area contributed by atoms with E-state index in [9.17, 15) is 19.2 Å². The van der Waals surface area contributed by atoms with Crippen LogP contribution >= 0.6 is 0 Å². The average molecular weight is 484 g/mol. The number of rotatable bonds is 7. The zero-order chi connectivity index (χ0) is 26.3. The molecule has 0 aromatic heterocycles. The van der Waals surface area contributed by atoms with E-state index in [-0.39, 0.29) is 28.3 Å². The lowest BCUT2D eigenvalue weighted by Crippen LogP contribution is -2.27. The second-order valence-electron chi connectivity index (χ2n) is 8.92. The topological polar surface area (TPSA) is 125 Å². The van der Waals surface area contributed by atoms with Crippen molar-refractivity contribution >= 4 is 34.9 Å². The summed E-state index contributed by atoms with van der Waals surface area (Å²) in [6, 6.07) is 21.0. The standard InChI is InChI=1S/C28H25N3O5/c1-28(2,3)36-27(35)31-22-13-12-21(26(34)19-9-5-4-6-10-19)15-23(22)30-25(33)16-24(32)20-11-7-8-18(14-20)17-29/h4-15H,16H2,1-3H3,(H,30,33)(H,31,35). The molecule has 3 aromatic carbocycles. The Balaban J connectivity index is 1.86. The molecule has 0 radical (unpaired) electrons. The molecule has 3 aromatic rings. The SMILES string of the molecule is CC(C)(C)OC(=O)Nc1ccc(C(=O)c2ccccc2)cc1NC(=O)CC(=O)c1cccc(C#N)c1. The van der Waals surface area contributed by atoms with Crippen LogP contribution in [-0.2, 0) is 9.53 Å². The second kappa shape index (κ2) is 11.1. The molecular weight excluding hydrogens is 458 g/mol. The summed E-state index contributed by atoms with van der Waals surface area (Å²) in [7, 11) is 0. The Labute approximate surface area is 208 Å². The summed E-state index contributed by atoms with van der Waals surface area (Å²) in [6.45, 7) is 5.14. The van der Waals surface area contributed by atoms with Crippen LogP contribution in [0.3, 0.4) is 0 Å². The minimum Gasteiger partial charge on any atom is -0.444 e. The molecule has 2 amide bonds. The Kier molecular flexibility index (Phi) is 7.97. The molecule has 2 N–H and O–H groups in total. The molecule has 0 aliphatic heterocycles. The molecule has 3 rings (SSSR count). The van der Waals surface area contributed by atoms with Gasteiger partial charge in [0.15, 0.2) is 11.6 Å². The molecule has 36 heavy (non-hydrogen) atoms. The van der Waals surface area contributed by atoms with Crippen LogP contribution in [0.25, 0.3) is 0 Å². The van der Waals surface area contributed by atoms with Gasteiger partial charge < -0.3 is 10.1 Å². The third kappa shape index (κ3) is 7.11. The first-order chi connectivity index (χ1) is 17.1. The van der Waals surface area contributed by atoms with Crippen LogP contribution < -0.4 is 10.6 Å². The van der Waals surface area contributed by atoms with Crippen LogP contribution in [-0.4, -0.2) is 29.2 Å². The van der Waals surface area contributed by atoms with E-state index in [0.29, 0.717) is 11.1 Å². The van der Waals surface area contributed by atoms with E-state index in [4.69, 9.17) is 10.00 Å². The van der Waals surface area contributed by atoms with Crippen molar-refractivity contribution in [2.75, 3.05) is 10.6 Å². The van der Waals surface area contributed by atoms with E-state index in [2.05, 4.69) is 10.6 Å². The smallest absolute Gasteiger partial charge is 0.412 e. The lowest BCUT2D eigenvalue weighted by Gasteiger charge is -2.21. The Bertz CT molecular complexity index is 1350. The van der Waals surface area contributed by atoms with E-state index in [1.54, 1.807) is 63.2 Å². The number of carbonyl (C=O) groups excluding carboxylic acids is 4. The van der Waals surface area contributed by atoms with Crippen LogP contribution in [0.15, 0.2) is 72.8 Å². The molecule has 0 unspecified atom stereocenters. The van der Waals surface area contributed by atoms with Crippen molar-refractivity contribution < 1.29 is 23.9 Å². The fourth-order valence-electron chi connectivity index (χ4n) is 3.27. The minimum absolute atomic E-state index is 0.131. The fourth-order valence-corrected chi connectivity index (χ4v) is 3.27. The van der Waals surface area contributed by atoms with Gasteiger partial charge in [-0.25, -0.2) is 4.79 Å². The van der Waals surface area contributed by atoms with Gasteiger partial charge in [-0.2, -0.15) is 5.26 Å². The number of amides is 2. The minimum atomic E-state index is -0.749. The molecule has 0 bridgehead atoms. The molecule has 0 atom stereocenters. The summed E-state index contributed by atoms with van der Waals surface area (Å²) in [5.74, 6) is -1.42. The average Bonchev–Trinajstić information content (AvgIpc) is 2.84. The van der Waals surface area contributed by atoms with E-state index < -0.39 is 29.8 Å². The van der Waals surface area contributed by atoms with Crippen LogP contribution in [0.2, 0.25) is 0 Å². The normalized spacial score (nSPS) is 10.6. The highest BCUT2D eigenvalue weighted by Gasteiger charge is 2.20. The second-order valence-corrected chi connectivity index (χ2v) is 8.92. The van der Waals surface area contributed by atoms with Crippen LogP contribution in [0.5, 0.6) is 0 Å². The van der Waals surface area contributed by atoms with Gasteiger partial charge in [0.1, 0.15) is 5.60 Å². The summed E-state index contributed by atoms with van der Waals surface area (Å²) in [5.41, 5.74) is 0.838. The third-order valence-electron chi connectivity index (χ3n) is 4.86. The Morgan fingerprint density at radius 1 is 0.806 bits per heavy atom. The number of carbonyl (C=O) groups is 4. The van der Waals surface area contributed by atoms with Crippen LogP contribution in [0.4, 0.5) is 16.2 Å². The number of nitrogens with zero attached hydrogens (tertiary/aromatic N) is 1. The van der Waals surface area contributed by atoms with E-state index in [0.717, 1.165) is 0 Å². The maximum Gasteiger partial charge on any atom is 0.412 e. The van der Waals surface area contributed by atoms with E-state index in [1.165, 1.54) is 30.3 Å². The number of hydrogen-bond acceptors (Lipinski definition) is 6. The highest BCUT2D eigenvalue weighted by Crippen LogP contribution is 2.26. The van der Waals surface area contributed by atoms with E-state index in [1.807, 2.05) is 6.07 Å². The first-order valence-corrected chi connectivity index (χ1v) is 11.1. The van der Waals surface area contributed by atoms with Gasteiger partial charge in [0, 0.05) is 16.7 Å². The molecule has 0 aliphatic rings.